The van der Waals surface area contributed by atoms with Crippen molar-refractivity contribution in [3.63, 3.8) is 0 Å². The summed E-state index contributed by atoms with van der Waals surface area (Å²) in [5.74, 6) is 1.32. The first-order chi connectivity index (χ1) is 22.1. The van der Waals surface area contributed by atoms with Crippen LogP contribution in [-0.4, -0.2) is 15.9 Å². The van der Waals surface area contributed by atoms with Crippen molar-refractivity contribution in [2.45, 2.75) is 6.61 Å². The zero-order valence-electron chi connectivity index (χ0n) is 23.9. The van der Waals surface area contributed by atoms with Crippen LogP contribution in [-0.2, 0) is 6.61 Å². The van der Waals surface area contributed by atoms with Crippen molar-refractivity contribution in [2.75, 3.05) is 0 Å². The smallest absolute Gasteiger partial charge is 0.282 e. The molecule has 0 atom stereocenters. The molecule has 0 aliphatic rings. The number of nitrogens with zero attached hydrogens (tertiary/aromatic N) is 3. The molecule has 0 bridgehead atoms. The van der Waals surface area contributed by atoms with E-state index < -0.39 is 0 Å². The molecular formula is C38H24ClN3O3. The second-order valence-corrected chi connectivity index (χ2v) is 11.2. The van der Waals surface area contributed by atoms with Crippen LogP contribution in [0.25, 0.3) is 55.0 Å². The van der Waals surface area contributed by atoms with E-state index in [1.54, 1.807) is 30.5 Å². The molecule has 0 unspecified atom stereocenters. The Morgan fingerprint density at radius 3 is 2.36 bits per heavy atom. The van der Waals surface area contributed by atoms with Crippen molar-refractivity contribution >= 4 is 61.2 Å². The van der Waals surface area contributed by atoms with Gasteiger partial charge in [-0.3, -0.25) is 4.79 Å². The predicted octanol–water partition coefficient (Wildman–Crippen LogP) is 9.23. The van der Waals surface area contributed by atoms with E-state index in [2.05, 4.69) is 24.3 Å². The van der Waals surface area contributed by atoms with Crippen LogP contribution in [0.3, 0.4) is 0 Å². The molecule has 0 spiro atoms. The van der Waals surface area contributed by atoms with Gasteiger partial charge in [0.25, 0.3) is 5.56 Å². The van der Waals surface area contributed by atoms with Crippen LogP contribution in [0, 0.1) is 0 Å². The lowest BCUT2D eigenvalue weighted by Gasteiger charge is -2.13. The van der Waals surface area contributed by atoms with E-state index in [1.807, 2.05) is 78.9 Å². The number of hydrogen-bond acceptors (Lipinski definition) is 5. The number of rotatable bonds is 6. The first-order valence-electron chi connectivity index (χ1n) is 14.5. The highest BCUT2D eigenvalue weighted by Crippen LogP contribution is 2.31. The van der Waals surface area contributed by atoms with E-state index in [4.69, 9.17) is 30.8 Å². The number of benzene rings is 6. The van der Waals surface area contributed by atoms with Gasteiger partial charge in [0.15, 0.2) is 5.76 Å². The van der Waals surface area contributed by atoms with Gasteiger partial charge < -0.3 is 9.15 Å². The van der Waals surface area contributed by atoms with Crippen molar-refractivity contribution in [1.29, 1.82) is 0 Å². The summed E-state index contributed by atoms with van der Waals surface area (Å²) in [6.07, 6.45) is 1.67. The number of aromatic nitrogens is 2. The third kappa shape index (κ3) is 4.91. The summed E-state index contributed by atoms with van der Waals surface area (Å²) in [5.41, 5.74) is 2.68. The first kappa shape index (κ1) is 26.9. The summed E-state index contributed by atoms with van der Waals surface area (Å²) in [5, 5.41) is 10.9. The lowest BCUT2D eigenvalue weighted by molar-refractivity contribution is 0.307. The van der Waals surface area contributed by atoms with E-state index >= 15 is 0 Å². The average molecular weight is 606 g/mol. The highest BCUT2D eigenvalue weighted by Gasteiger charge is 2.17. The molecule has 216 valence electrons. The molecule has 6 nitrogen and oxygen atoms in total. The van der Waals surface area contributed by atoms with Crippen LogP contribution in [0.5, 0.6) is 5.75 Å². The predicted molar refractivity (Wildman–Crippen MR) is 181 cm³/mol. The van der Waals surface area contributed by atoms with Crippen LogP contribution in [0.4, 0.5) is 0 Å². The molecule has 8 rings (SSSR count). The maximum atomic E-state index is 13.9. The van der Waals surface area contributed by atoms with Gasteiger partial charge in [0.05, 0.1) is 17.1 Å². The molecule has 0 radical (unpaired) electrons. The van der Waals surface area contributed by atoms with Gasteiger partial charge in [0, 0.05) is 16.0 Å². The minimum atomic E-state index is -0.316. The van der Waals surface area contributed by atoms with Crippen molar-refractivity contribution in [2.24, 2.45) is 5.10 Å². The van der Waals surface area contributed by atoms with Crippen molar-refractivity contribution < 1.29 is 9.15 Å². The molecule has 7 heteroatoms. The van der Waals surface area contributed by atoms with Gasteiger partial charge in [-0.1, -0.05) is 96.5 Å². The third-order valence-corrected chi connectivity index (χ3v) is 8.18. The normalized spacial score (nSPS) is 11.8. The zero-order chi connectivity index (χ0) is 30.3. The summed E-state index contributed by atoms with van der Waals surface area (Å²) < 4.78 is 13.9. The van der Waals surface area contributed by atoms with Crippen LogP contribution in [0.2, 0.25) is 5.02 Å². The highest BCUT2D eigenvalue weighted by molar-refractivity contribution is 6.31. The molecule has 2 heterocycles. The van der Waals surface area contributed by atoms with Gasteiger partial charge in [-0.05, 0) is 69.6 Å². The minimum absolute atomic E-state index is 0.278. The van der Waals surface area contributed by atoms with E-state index in [1.165, 1.54) is 4.68 Å². The number of para-hydroxylation sites is 1. The fraction of sp³-hybridized carbons (Fsp3) is 0.0263. The van der Waals surface area contributed by atoms with Gasteiger partial charge in [-0.15, -0.1) is 0 Å². The average Bonchev–Trinajstić information content (AvgIpc) is 3.50. The topological polar surface area (TPSA) is 69.6 Å². The second-order valence-electron chi connectivity index (χ2n) is 10.7. The van der Waals surface area contributed by atoms with Crippen LogP contribution < -0.4 is 10.3 Å². The molecular weight excluding hydrogens is 582 g/mol. The van der Waals surface area contributed by atoms with Crippen LogP contribution in [0.15, 0.2) is 142 Å². The number of furan rings is 1. The maximum Gasteiger partial charge on any atom is 0.282 e. The Kier molecular flexibility index (Phi) is 6.62. The fourth-order valence-corrected chi connectivity index (χ4v) is 5.92. The molecule has 45 heavy (non-hydrogen) atoms. The molecule has 0 aliphatic carbocycles. The van der Waals surface area contributed by atoms with Crippen molar-refractivity contribution in [3.8, 4) is 17.3 Å². The molecule has 0 fully saturated rings. The molecule has 0 saturated carbocycles. The quantitative estimate of drug-likeness (QED) is 0.177. The Morgan fingerprint density at radius 2 is 1.49 bits per heavy atom. The molecule has 0 saturated heterocycles. The molecule has 8 aromatic rings. The molecule has 0 aliphatic heterocycles. The van der Waals surface area contributed by atoms with E-state index in [0.717, 1.165) is 38.1 Å². The molecule has 0 N–H and O–H groups in total. The minimum Gasteiger partial charge on any atom is -0.488 e. The lowest BCUT2D eigenvalue weighted by atomic mass is 10.0. The second kappa shape index (κ2) is 11.1. The molecule has 0 amide bonds. The highest BCUT2D eigenvalue weighted by atomic mass is 35.5. The van der Waals surface area contributed by atoms with Gasteiger partial charge in [-0.2, -0.15) is 9.78 Å². The first-order valence-corrected chi connectivity index (χ1v) is 14.9. The van der Waals surface area contributed by atoms with E-state index in [-0.39, 0.29) is 11.4 Å². The summed E-state index contributed by atoms with van der Waals surface area (Å²) in [6, 6.07) is 40.9. The SMILES string of the molecule is O=c1c2ccccc2nc(-c2cc3cc(Cl)ccc3o2)n1N=Cc1c(OCc2cccc3ccccc23)ccc2ccccc12. The fourth-order valence-electron chi connectivity index (χ4n) is 5.74. The Morgan fingerprint density at radius 1 is 0.756 bits per heavy atom. The summed E-state index contributed by atoms with van der Waals surface area (Å²) in [4.78, 5) is 18.7. The Bertz CT molecular complexity index is 2490. The lowest BCUT2D eigenvalue weighted by Crippen LogP contribution is -2.20. The Labute approximate surface area is 262 Å². The summed E-state index contributed by atoms with van der Waals surface area (Å²) in [7, 11) is 0. The van der Waals surface area contributed by atoms with Crippen LogP contribution >= 0.6 is 11.6 Å². The number of halogens is 1. The monoisotopic (exact) mass is 605 g/mol. The van der Waals surface area contributed by atoms with E-state index in [9.17, 15) is 4.79 Å². The third-order valence-electron chi connectivity index (χ3n) is 7.95. The van der Waals surface area contributed by atoms with Gasteiger partial charge in [0.2, 0.25) is 5.82 Å². The molecule has 2 aromatic heterocycles. The Balaban J connectivity index is 1.27. The number of ether oxygens (including phenoxy) is 1. The van der Waals surface area contributed by atoms with Gasteiger partial charge >= 0.3 is 0 Å². The number of fused-ring (bicyclic) bond motifs is 4. The largest absolute Gasteiger partial charge is 0.488 e. The zero-order valence-corrected chi connectivity index (χ0v) is 24.6. The number of hydrogen-bond donors (Lipinski definition) is 0. The van der Waals surface area contributed by atoms with E-state index in [0.29, 0.717) is 39.6 Å². The maximum absolute atomic E-state index is 13.9. The van der Waals surface area contributed by atoms with Crippen LogP contribution in [0.1, 0.15) is 11.1 Å². The Hall–Kier alpha value is -5.72. The molecule has 6 aromatic carbocycles. The van der Waals surface area contributed by atoms with Crippen molar-refractivity contribution in [3.05, 3.63) is 154 Å². The standard InChI is InChI=1S/C38H24ClN3O3/c39-28-17-19-34-27(20-28)21-36(45-34)37-41-33-15-6-5-14-31(33)38(43)42(37)40-22-32-30-13-4-2-9-25(30)16-18-35(32)44-23-26-11-7-10-24-8-1-3-12-29(24)26/h1-22H,23H2. The van der Waals surface area contributed by atoms with Gasteiger partial charge in [0.1, 0.15) is 17.9 Å². The summed E-state index contributed by atoms with van der Waals surface area (Å²) in [6.45, 7) is 0.366. The summed E-state index contributed by atoms with van der Waals surface area (Å²) >= 11 is 6.23. The van der Waals surface area contributed by atoms with Gasteiger partial charge in [-0.25, -0.2) is 4.98 Å². The van der Waals surface area contributed by atoms with Crippen molar-refractivity contribution in [1.82, 2.24) is 9.66 Å².